The SMILES string of the molecule is BC(c1ccccc1)c1ccccc1.CCC(C)C=C[SiH2]C(c1ccccc1)(c1ccccc1)n1ccnc1. The van der Waals surface area contributed by atoms with Crippen LogP contribution < -0.4 is 0 Å². The van der Waals surface area contributed by atoms with Gasteiger partial charge in [-0.15, -0.1) is 5.70 Å². The fourth-order valence-electron chi connectivity index (χ4n) is 5.00. The highest BCUT2D eigenvalue weighted by Gasteiger charge is 2.34. The van der Waals surface area contributed by atoms with Gasteiger partial charge >= 0.3 is 0 Å². The number of hydrogen-bond acceptors (Lipinski definition) is 1. The van der Waals surface area contributed by atoms with E-state index in [2.05, 4.69) is 171 Å². The fraction of sp³-hybridized carbons (Fsp3) is 0.171. The number of hydrogen-bond donors (Lipinski definition) is 0. The van der Waals surface area contributed by atoms with E-state index in [9.17, 15) is 0 Å². The first-order chi connectivity index (χ1) is 19.1. The predicted molar refractivity (Wildman–Crippen MR) is 172 cm³/mol. The molecule has 0 spiro atoms. The molecule has 5 aromatic rings. The summed E-state index contributed by atoms with van der Waals surface area (Å²) in [5.41, 5.74) is 7.88. The quantitative estimate of drug-likeness (QED) is 0.194. The third-order valence-corrected chi connectivity index (χ3v) is 9.85. The summed E-state index contributed by atoms with van der Waals surface area (Å²) in [5.74, 6) is 1.11. The summed E-state index contributed by atoms with van der Waals surface area (Å²) in [5, 5.41) is -0.150. The van der Waals surface area contributed by atoms with E-state index in [4.69, 9.17) is 0 Å². The van der Waals surface area contributed by atoms with Crippen LogP contribution in [0.2, 0.25) is 0 Å². The second kappa shape index (κ2) is 14.3. The molecule has 4 heteroatoms. The van der Waals surface area contributed by atoms with E-state index in [1.165, 1.54) is 28.7 Å². The standard InChI is InChI=1S/C22H26N2Si.C13H13B/c1-3-19(2)14-17-25-22(24-16-15-23-18-24,20-10-6-4-7-11-20)21-12-8-5-9-13-21;14-13(11-7-3-1-4-8-11)12-9-5-2-6-10-12/h4-19H,3,25H2,1-2H3;1-10,13H,14H2. The zero-order valence-electron chi connectivity index (χ0n) is 23.4. The van der Waals surface area contributed by atoms with Crippen LogP contribution >= 0.6 is 0 Å². The Hall–Kier alpha value is -3.89. The van der Waals surface area contributed by atoms with Crippen molar-refractivity contribution in [2.75, 3.05) is 0 Å². The molecule has 39 heavy (non-hydrogen) atoms. The topological polar surface area (TPSA) is 17.8 Å². The second-order valence-electron chi connectivity index (χ2n) is 10.1. The van der Waals surface area contributed by atoms with Crippen LogP contribution in [-0.4, -0.2) is 26.9 Å². The Morgan fingerprint density at radius 3 is 1.64 bits per heavy atom. The van der Waals surface area contributed by atoms with Crippen LogP contribution in [0.25, 0.3) is 0 Å². The Bertz CT molecular complexity index is 1290. The molecular weight excluding hydrogens is 487 g/mol. The number of aromatic nitrogens is 2. The summed E-state index contributed by atoms with van der Waals surface area (Å²) in [6.07, 6.45) is 9.52. The van der Waals surface area contributed by atoms with E-state index in [1.54, 1.807) is 0 Å². The van der Waals surface area contributed by atoms with Gasteiger partial charge in [-0.3, -0.25) is 0 Å². The minimum Gasteiger partial charge on any atom is -0.326 e. The molecule has 0 N–H and O–H groups in total. The van der Waals surface area contributed by atoms with Gasteiger partial charge in [-0.1, -0.05) is 148 Å². The average Bonchev–Trinajstić information content (AvgIpc) is 3.56. The lowest BCUT2D eigenvalue weighted by atomic mass is 9.76. The highest BCUT2D eigenvalue weighted by atomic mass is 28.2. The summed E-state index contributed by atoms with van der Waals surface area (Å²) >= 11 is 0. The molecule has 0 saturated heterocycles. The van der Waals surface area contributed by atoms with Gasteiger partial charge in [-0.2, -0.15) is 0 Å². The molecule has 2 nitrogen and oxygen atoms in total. The zero-order valence-corrected chi connectivity index (χ0v) is 24.8. The lowest BCUT2D eigenvalue weighted by Gasteiger charge is -2.36. The van der Waals surface area contributed by atoms with Crippen molar-refractivity contribution in [3.05, 3.63) is 174 Å². The van der Waals surface area contributed by atoms with Gasteiger partial charge in [0.2, 0.25) is 0 Å². The molecule has 0 aliphatic rings. The third kappa shape index (κ3) is 7.16. The largest absolute Gasteiger partial charge is 0.326 e. The van der Waals surface area contributed by atoms with Gasteiger partial charge in [0.25, 0.3) is 0 Å². The Labute approximate surface area is 237 Å². The van der Waals surface area contributed by atoms with E-state index in [0.29, 0.717) is 11.7 Å². The molecular formula is C35H39BN2Si. The minimum atomic E-state index is -0.657. The van der Waals surface area contributed by atoms with E-state index < -0.39 is 9.52 Å². The number of allylic oxidation sites excluding steroid dienone is 1. The van der Waals surface area contributed by atoms with Gasteiger partial charge in [-0.05, 0) is 34.0 Å². The summed E-state index contributed by atoms with van der Waals surface area (Å²) in [6.45, 7) is 4.53. The third-order valence-electron chi connectivity index (χ3n) is 7.57. The van der Waals surface area contributed by atoms with Crippen molar-refractivity contribution in [1.82, 2.24) is 9.55 Å². The molecule has 1 unspecified atom stereocenters. The molecule has 0 radical (unpaired) electrons. The van der Waals surface area contributed by atoms with Crippen LogP contribution in [0.15, 0.2) is 152 Å². The summed E-state index contributed by atoms with van der Waals surface area (Å²) in [7, 11) is 1.58. The fourth-order valence-corrected chi connectivity index (χ4v) is 7.28. The van der Waals surface area contributed by atoms with Crippen molar-refractivity contribution < 1.29 is 0 Å². The number of rotatable bonds is 9. The Balaban J connectivity index is 0.000000212. The van der Waals surface area contributed by atoms with Crippen molar-refractivity contribution in [3.8, 4) is 0 Å². The van der Waals surface area contributed by atoms with E-state index in [0.717, 1.165) is 0 Å². The first-order valence-electron chi connectivity index (χ1n) is 14.0. The van der Waals surface area contributed by atoms with Gasteiger partial charge in [-0.25, -0.2) is 4.98 Å². The molecule has 1 heterocycles. The number of imidazole rings is 1. The van der Waals surface area contributed by atoms with E-state index in [1.807, 2.05) is 12.5 Å². The Morgan fingerprint density at radius 2 is 1.23 bits per heavy atom. The van der Waals surface area contributed by atoms with Crippen molar-refractivity contribution in [2.24, 2.45) is 5.92 Å². The van der Waals surface area contributed by atoms with E-state index in [-0.39, 0.29) is 5.16 Å². The molecule has 4 aromatic carbocycles. The first-order valence-corrected chi connectivity index (χ1v) is 15.5. The summed E-state index contributed by atoms with van der Waals surface area (Å²) < 4.78 is 2.30. The Morgan fingerprint density at radius 1 is 0.769 bits per heavy atom. The number of nitrogens with zero attached hydrogens (tertiary/aromatic N) is 2. The molecule has 196 valence electrons. The van der Waals surface area contributed by atoms with E-state index >= 15 is 0 Å². The van der Waals surface area contributed by atoms with Gasteiger partial charge in [0, 0.05) is 12.4 Å². The maximum Gasteiger partial charge on any atom is 0.116 e. The predicted octanol–water partition coefficient (Wildman–Crippen LogP) is 6.77. The number of benzene rings is 4. The molecule has 0 aliphatic carbocycles. The first kappa shape index (κ1) is 28.1. The summed E-state index contributed by atoms with van der Waals surface area (Å²) in [4.78, 5) is 4.36. The highest BCUT2D eigenvalue weighted by molar-refractivity contribution is 6.47. The van der Waals surface area contributed by atoms with Crippen molar-refractivity contribution in [1.29, 1.82) is 0 Å². The van der Waals surface area contributed by atoms with Crippen molar-refractivity contribution in [2.45, 2.75) is 31.2 Å². The smallest absolute Gasteiger partial charge is 0.116 e. The van der Waals surface area contributed by atoms with Gasteiger partial charge < -0.3 is 4.57 Å². The van der Waals surface area contributed by atoms with Crippen LogP contribution in [0, 0.1) is 5.92 Å². The minimum absolute atomic E-state index is 0.150. The molecule has 0 bridgehead atoms. The van der Waals surface area contributed by atoms with Crippen molar-refractivity contribution in [3.63, 3.8) is 0 Å². The second-order valence-corrected chi connectivity index (χ2v) is 12.0. The molecule has 0 amide bonds. The van der Waals surface area contributed by atoms with Crippen LogP contribution in [0.5, 0.6) is 0 Å². The molecule has 5 rings (SSSR count). The monoisotopic (exact) mass is 526 g/mol. The molecule has 0 fully saturated rings. The summed E-state index contributed by atoms with van der Waals surface area (Å²) in [6, 6.07) is 42.9. The van der Waals surface area contributed by atoms with Gasteiger partial charge in [0.05, 0.1) is 21.0 Å². The van der Waals surface area contributed by atoms with Crippen molar-refractivity contribution >= 4 is 17.4 Å². The molecule has 1 aromatic heterocycles. The molecule has 1 atom stereocenters. The Kier molecular flexibility index (Phi) is 10.3. The lowest BCUT2D eigenvalue weighted by molar-refractivity contribution is 0.595. The van der Waals surface area contributed by atoms with Crippen LogP contribution in [0.4, 0.5) is 0 Å². The average molecular weight is 527 g/mol. The zero-order chi connectivity index (χ0) is 27.3. The molecule has 0 aliphatic heterocycles. The van der Waals surface area contributed by atoms with Gasteiger partial charge in [0.15, 0.2) is 0 Å². The van der Waals surface area contributed by atoms with Gasteiger partial charge in [0.1, 0.15) is 7.85 Å². The lowest BCUT2D eigenvalue weighted by Crippen LogP contribution is -2.41. The van der Waals surface area contributed by atoms with Crippen LogP contribution in [0.3, 0.4) is 0 Å². The highest BCUT2D eigenvalue weighted by Crippen LogP contribution is 2.33. The van der Waals surface area contributed by atoms with Crippen LogP contribution in [-0.2, 0) is 5.16 Å². The maximum atomic E-state index is 4.36. The maximum absolute atomic E-state index is 4.36. The van der Waals surface area contributed by atoms with Crippen LogP contribution in [0.1, 0.15) is 48.3 Å². The molecule has 0 saturated carbocycles. The normalized spacial score (nSPS) is 12.5.